The quantitative estimate of drug-likeness (QED) is 0.391. The van der Waals surface area contributed by atoms with Gasteiger partial charge in [0.1, 0.15) is 5.69 Å². The van der Waals surface area contributed by atoms with E-state index in [0.717, 1.165) is 10.6 Å². The van der Waals surface area contributed by atoms with Crippen molar-refractivity contribution in [3.63, 3.8) is 0 Å². The van der Waals surface area contributed by atoms with E-state index in [-0.39, 0.29) is 5.57 Å². The number of carbonyl (C=O) groups excluding carboxylic acids is 2. The largest absolute Gasteiger partial charge is 0.872 e. The molecule has 6 heteroatoms. The lowest BCUT2D eigenvalue weighted by atomic mass is 9.95. The number of hydrogen-bond acceptors (Lipinski definition) is 3. The van der Waals surface area contributed by atoms with Crippen LogP contribution in [-0.2, 0) is 9.59 Å². The third kappa shape index (κ3) is 3.85. The molecule has 0 saturated carbocycles. The first-order chi connectivity index (χ1) is 14.9. The summed E-state index contributed by atoms with van der Waals surface area (Å²) in [7, 11) is 4.01. The third-order valence-corrected chi connectivity index (χ3v) is 5.63. The average molecular weight is 433 g/mol. The van der Waals surface area contributed by atoms with E-state index in [1.165, 1.54) is 4.90 Å². The molecule has 0 radical (unpaired) electrons. The molecule has 0 aromatic heterocycles. The number of hydrogen-bond donors (Lipinski definition) is 1. The predicted octanol–water partition coefficient (Wildman–Crippen LogP) is 2.54. The molecule has 1 N–H and O–H groups in total. The summed E-state index contributed by atoms with van der Waals surface area (Å²) in [5.74, 6) is -1.96. The number of Topliss-reactive ketones (excluding diaryl/α,β-unsaturated/α-hetero) is 1. The number of anilines is 1. The van der Waals surface area contributed by atoms with Gasteiger partial charge in [0.15, 0.2) is 0 Å². The fraction of sp³-hybridized carbons (Fsp3) is 0.120. The molecule has 1 unspecified atom stereocenters. The van der Waals surface area contributed by atoms with E-state index in [9.17, 15) is 14.7 Å². The number of nitrogens with one attached hydrogen (secondary N) is 1. The van der Waals surface area contributed by atoms with E-state index >= 15 is 0 Å². The molecular weight excluding hydrogens is 412 g/mol. The van der Waals surface area contributed by atoms with E-state index in [1.807, 2.05) is 56.6 Å². The first-order valence-corrected chi connectivity index (χ1v) is 10.3. The highest BCUT2D eigenvalue weighted by molar-refractivity contribution is 6.51. The Kier molecular flexibility index (Phi) is 5.63. The van der Waals surface area contributed by atoms with Crippen molar-refractivity contribution in [1.82, 2.24) is 0 Å². The number of halogens is 1. The fourth-order valence-electron chi connectivity index (χ4n) is 3.75. The van der Waals surface area contributed by atoms with E-state index in [1.54, 1.807) is 36.4 Å². The molecule has 0 aliphatic carbocycles. The number of amides is 1. The van der Waals surface area contributed by atoms with Gasteiger partial charge in [-0.1, -0.05) is 59.8 Å². The normalized spacial score (nSPS) is 18.1. The summed E-state index contributed by atoms with van der Waals surface area (Å²) in [5.41, 5.74) is 2.56. The maximum absolute atomic E-state index is 13.3. The molecule has 4 rings (SSSR count). The Morgan fingerprint density at radius 3 is 2.10 bits per heavy atom. The van der Waals surface area contributed by atoms with Crippen molar-refractivity contribution in [1.29, 1.82) is 0 Å². The Hall–Kier alpha value is -3.41. The molecule has 1 atom stereocenters. The van der Waals surface area contributed by atoms with Crippen molar-refractivity contribution in [3.05, 3.63) is 101 Å². The van der Waals surface area contributed by atoms with Crippen molar-refractivity contribution in [3.8, 4) is 0 Å². The van der Waals surface area contributed by atoms with E-state index in [2.05, 4.69) is 0 Å². The van der Waals surface area contributed by atoms with Crippen LogP contribution in [0, 0.1) is 0 Å². The van der Waals surface area contributed by atoms with Crippen molar-refractivity contribution in [2.75, 3.05) is 19.0 Å². The Bertz CT molecular complexity index is 1150. The van der Waals surface area contributed by atoms with Crippen LogP contribution < -0.4 is 14.9 Å². The summed E-state index contributed by atoms with van der Waals surface area (Å²) >= 11 is 5.94. The molecular formula is C25H21ClN2O3. The highest BCUT2D eigenvalue weighted by Gasteiger charge is 2.45. The van der Waals surface area contributed by atoms with Gasteiger partial charge in [0.2, 0.25) is 5.78 Å². The Morgan fingerprint density at radius 1 is 0.903 bits per heavy atom. The van der Waals surface area contributed by atoms with Crippen LogP contribution >= 0.6 is 11.6 Å². The van der Waals surface area contributed by atoms with Crippen LogP contribution in [-0.4, -0.2) is 25.8 Å². The molecule has 1 aliphatic rings. The highest BCUT2D eigenvalue weighted by atomic mass is 35.5. The van der Waals surface area contributed by atoms with Crippen LogP contribution in [0.2, 0.25) is 5.02 Å². The molecule has 1 amide bonds. The lowest BCUT2D eigenvalue weighted by Gasteiger charge is -2.27. The molecule has 3 aromatic carbocycles. The molecule has 5 nitrogen and oxygen atoms in total. The zero-order valence-corrected chi connectivity index (χ0v) is 17.9. The summed E-state index contributed by atoms with van der Waals surface area (Å²) in [6.45, 7) is 0. The Morgan fingerprint density at radius 2 is 1.52 bits per heavy atom. The SMILES string of the molecule is C[NH+](C)c1ccc(N2C(=O)C(=O)C(=C([O-])c3ccc(Cl)cc3)C2c2ccccc2)cc1. The molecule has 3 aromatic rings. The van der Waals surface area contributed by atoms with Crippen LogP contribution in [0.4, 0.5) is 11.4 Å². The highest BCUT2D eigenvalue weighted by Crippen LogP contribution is 2.41. The number of ketones is 1. The summed E-state index contributed by atoms with van der Waals surface area (Å²) < 4.78 is 0. The van der Waals surface area contributed by atoms with Crippen molar-refractivity contribution in [2.24, 2.45) is 0 Å². The topological polar surface area (TPSA) is 64.9 Å². The van der Waals surface area contributed by atoms with Crippen LogP contribution in [0.1, 0.15) is 17.2 Å². The van der Waals surface area contributed by atoms with Crippen LogP contribution in [0.25, 0.3) is 5.76 Å². The smallest absolute Gasteiger partial charge is 0.299 e. The maximum atomic E-state index is 13.3. The second-order valence-corrected chi connectivity index (χ2v) is 8.05. The summed E-state index contributed by atoms with van der Waals surface area (Å²) in [6.07, 6.45) is 0. The first-order valence-electron chi connectivity index (χ1n) is 9.89. The van der Waals surface area contributed by atoms with Crippen molar-refractivity contribution < 1.29 is 19.6 Å². The molecule has 1 fully saturated rings. The van der Waals surface area contributed by atoms with Crippen LogP contribution in [0.5, 0.6) is 0 Å². The van der Waals surface area contributed by atoms with E-state index in [0.29, 0.717) is 21.8 Å². The van der Waals surface area contributed by atoms with Gasteiger partial charge in [0, 0.05) is 28.4 Å². The molecule has 31 heavy (non-hydrogen) atoms. The van der Waals surface area contributed by atoms with Crippen molar-refractivity contribution >= 4 is 40.4 Å². The number of rotatable bonds is 4. The van der Waals surface area contributed by atoms with Gasteiger partial charge in [-0.25, -0.2) is 0 Å². The molecule has 1 heterocycles. The summed E-state index contributed by atoms with van der Waals surface area (Å²) in [4.78, 5) is 28.7. The summed E-state index contributed by atoms with van der Waals surface area (Å²) in [5, 5.41) is 13.8. The fourth-order valence-corrected chi connectivity index (χ4v) is 3.88. The number of carbonyl (C=O) groups is 2. The summed E-state index contributed by atoms with van der Waals surface area (Å²) in [6, 6.07) is 22.1. The Balaban J connectivity index is 1.89. The lowest BCUT2D eigenvalue weighted by Crippen LogP contribution is -3.00. The van der Waals surface area contributed by atoms with Gasteiger partial charge in [-0.3, -0.25) is 14.5 Å². The van der Waals surface area contributed by atoms with Gasteiger partial charge in [0.25, 0.3) is 5.91 Å². The van der Waals surface area contributed by atoms with Crippen molar-refractivity contribution in [2.45, 2.75) is 6.04 Å². The minimum atomic E-state index is -0.804. The Labute approximate surface area is 185 Å². The third-order valence-electron chi connectivity index (χ3n) is 5.38. The van der Waals surface area contributed by atoms with Gasteiger partial charge in [-0.15, -0.1) is 0 Å². The molecule has 1 saturated heterocycles. The van der Waals surface area contributed by atoms with Crippen LogP contribution in [0.3, 0.4) is 0 Å². The molecule has 156 valence electrons. The second-order valence-electron chi connectivity index (χ2n) is 7.61. The van der Waals surface area contributed by atoms with E-state index < -0.39 is 23.5 Å². The monoisotopic (exact) mass is 432 g/mol. The van der Waals surface area contributed by atoms with E-state index in [4.69, 9.17) is 11.6 Å². The molecule has 1 aliphatic heterocycles. The van der Waals surface area contributed by atoms with Gasteiger partial charge in [-0.05, 0) is 35.4 Å². The van der Waals surface area contributed by atoms with Gasteiger partial charge < -0.3 is 10.0 Å². The molecule has 0 bridgehead atoms. The number of quaternary nitrogens is 1. The predicted molar refractivity (Wildman–Crippen MR) is 119 cm³/mol. The maximum Gasteiger partial charge on any atom is 0.299 e. The van der Waals surface area contributed by atoms with Gasteiger partial charge in [0.05, 0.1) is 20.1 Å². The first kappa shape index (κ1) is 20.8. The zero-order valence-electron chi connectivity index (χ0n) is 17.1. The van der Waals surface area contributed by atoms with Gasteiger partial charge >= 0.3 is 0 Å². The number of benzene rings is 3. The number of nitrogens with zero attached hydrogens (tertiary/aromatic N) is 1. The zero-order chi connectivity index (χ0) is 22.1. The van der Waals surface area contributed by atoms with Crippen LogP contribution in [0.15, 0.2) is 84.4 Å². The second kappa shape index (κ2) is 8.38. The standard InChI is InChI=1S/C25H21ClN2O3/c1-27(2)19-12-14-20(15-13-19)28-22(16-6-4-3-5-7-16)21(24(30)25(28)31)23(29)17-8-10-18(26)11-9-17/h3-15,22,29H,1-2H3. The minimum absolute atomic E-state index is 0.0548. The average Bonchev–Trinajstić information content (AvgIpc) is 3.05. The van der Waals surface area contributed by atoms with Gasteiger partial charge in [-0.2, -0.15) is 0 Å². The minimum Gasteiger partial charge on any atom is -0.872 e. The lowest BCUT2D eigenvalue weighted by molar-refractivity contribution is -0.786. The molecule has 0 spiro atoms.